The molecule has 0 saturated carbocycles. The average Bonchev–Trinajstić information content (AvgIpc) is 2.45. The van der Waals surface area contributed by atoms with E-state index >= 15 is 0 Å². The monoisotopic (exact) mass is 296 g/mol. The highest BCUT2D eigenvalue weighted by Crippen LogP contribution is 2.16. The third kappa shape index (κ3) is 4.60. The van der Waals surface area contributed by atoms with Gasteiger partial charge in [0.25, 0.3) is 0 Å². The summed E-state index contributed by atoms with van der Waals surface area (Å²) in [5.41, 5.74) is 0.134. The van der Waals surface area contributed by atoms with E-state index < -0.39 is 10.0 Å². The van der Waals surface area contributed by atoms with E-state index in [1.54, 1.807) is 12.1 Å². The first-order valence-corrected chi connectivity index (χ1v) is 8.13. The van der Waals surface area contributed by atoms with Crippen LogP contribution in [0, 0.1) is 17.2 Å². The van der Waals surface area contributed by atoms with E-state index in [1.807, 2.05) is 13.0 Å². The van der Waals surface area contributed by atoms with Crippen molar-refractivity contribution in [1.29, 1.82) is 5.26 Å². The smallest absolute Gasteiger partial charge is 0.241 e. The topological polar surface area (TPSA) is 90.2 Å². The number of sulfonamides is 1. The standard InChI is InChI=1S/C14H20N2O3S/c1-2-5-12(8-9-17)11-16-20(18,19)14-7-4-3-6-13(14)10-15/h3-4,6-7,12,16-17H,2,5,8-9,11H2,1H3. The maximum absolute atomic E-state index is 12.2. The van der Waals surface area contributed by atoms with Crippen molar-refractivity contribution in [2.45, 2.75) is 31.1 Å². The number of hydrogen-bond donors (Lipinski definition) is 2. The zero-order valence-corrected chi connectivity index (χ0v) is 12.4. The van der Waals surface area contributed by atoms with Crippen LogP contribution in [0.15, 0.2) is 29.2 Å². The second-order valence-electron chi connectivity index (χ2n) is 4.63. The maximum atomic E-state index is 12.2. The summed E-state index contributed by atoms with van der Waals surface area (Å²) in [6, 6.07) is 7.99. The summed E-state index contributed by atoms with van der Waals surface area (Å²) in [7, 11) is -3.69. The Balaban J connectivity index is 2.82. The first-order chi connectivity index (χ1) is 9.55. The van der Waals surface area contributed by atoms with Gasteiger partial charge < -0.3 is 5.11 Å². The quantitative estimate of drug-likeness (QED) is 0.763. The Morgan fingerprint density at radius 2 is 2.05 bits per heavy atom. The van der Waals surface area contributed by atoms with Crippen molar-refractivity contribution in [2.24, 2.45) is 5.92 Å². The van der Waals surface area contributed by atoms with Crippen molar-refractivity contribution in [3.05, 3.63) is 29.8 Å². The van der Waals surface area contributed by atoms with Gasteiger partial charge in [0.2, 0.25) is 10.0 Å². The minimum atomic E-state index is -3.69. The molecule has 0 aliphatic rings. The van der Waals surface area contributed by atoms with Gasteiger partial charge in [-0.3, -0.25) is 0 Å². The van der Waals surface area contributed by atoms with Gasteiger partial charge in [-0.1, -0.05) is 25.5 Å². The summed E-state index contributed by atoms with van der Waals surface area (Å²) in [6.45, 7) is 2.33. The number of aliphatic hydroxyl groups excluding tert-OH is 1. The minimum Gasteiger partial charge on any atom is -0.396 e. The summed E-state index contributed by atoms with van der Waals surface area (Å²) in [5.74, 6) is 0.106. The van der Waals surface area contributed by atoms with Crippen LogP contribution in [0.4, 0.5) is 0 Å². The molecule has 0 amide bonds. The number of nitrogens with zero attached hydrogens (tertiary/aromatic N) is 1. The molecule has 20 heavy (non-hydrogen) atoms. The molecule has 0 aliphatic heterocycles. The maximum Gasteiger partial charge on any atom is 0.241 e. The van der Waals surface area contributed by atoms with Crippen LogP contribution < -0.4 is 4.72 Å². The molecule has 6 heteroatoms. The fourth-order valence-corrected chi connectivity index (χ4v) is 3.31. The highest BCUT2D eigenvalue weighted by Gasteiger charge is 2.19. The molecular weight excluding hydrogens is 276 g/mol. The molecule has 0 spiro atoms. The van der Waals surface area contributed by atoms with Crippen LogP contribution >= 0.6 is 0 Å². The molecule has 0 radical (unpaired) electrons. The van der Waals surface area contributed by atoms with Gasteiger partial charge in [0, 0.05) is 13.2 Å². The van der Waals surface area contributed by atoms with Crippen molar-refractivity contribution in [1.82, 2.24) is 4.72 Å². The SMILES string of the molecule is CCCC(CCO)CNS(=O)(=O)c1ccccc1C#N. The van der Waals surface area contributed by atoms with Crippen LogP contribution in [-0.4, -0.2) is 26.7 Å². The summed E-state index contributed by atoms with van der Waals surface area (Å²) < 4.78 is 26.9. The molecular formula is C14H20N2O3S. The second-order valence-corrected chi connectivity index (χ2v) is 6.36. The van der Waals surface area contributed by atoms with E-state index in [9.17, 15) is 8.42 Å². The van der Waals surface area contributed by atoms with Crippen LogP contribution in [0.25, 0.3) is 0 Å². The fraction of sp³-hybridized carbons (Fsp3) is 0.500. The Morgan fingerprint density at radius 3 is 2.65 bits per heavy atom. The number of nitriles is 1. The number of aliphatic hydroxyl groups is 1. The van der Waals surface area contributed by atoms with E-state index in [-0.39, 0.29) is 29.5 Å². The summed E-state index contributed by atoms with van der Waals surface area (Å²) in [4.78, 5) is 0.00162. The Bertz CT molecular complexity index is 558. The molecule has 1 atom stereocenters. The third-order valence-corrected chi connectivity index (χ3v) is 4.58. The van der Waals surface area contributed by atoms with Gasteiger partial charge in [0.15, 0.2) is 0 Å². The van der Waals surface area contributed by atoms with Gasteiger partial charge in [0.05, 0.1) is 10.5 Å². The predicted octanol–water partition coefficient (Wildman–Crippen LogP) is 1.64. The zero-order valence-electron chi connectivity index (χ0n) is 11.5. The molecule has 0 fully saturated rings. The second kappa shape index (κ2) is 8.00. The largest absolute Gasteiger partial charge is 0.396 e. The highest BCUT2D eigenvalue weighted by molar-refractivity contribution is 7.89. The lowest BCUT2D eigenvalue weighted by atomic mass is 10.0. The molecule has 0 heterocycles. The molecule has 1 aromatic rings. The lowest BCUT2D eigenvalue weighted by Gasteiger charge is -2.16. The number of benzene rings is 1. The van der Waals surface area contributed by atoms with Gasteiger partial charge in [-0.05, 0) is 30.9 Å². The molecule has 1 unspecified atom stereocenters. The molecule has 0 aromatic heterocycles. The molecule has 1 rings (SSSR count). The van der Waals surface area contributed by atoms with Gasteiger partial charge in [-0.25, -0.2) is 13.1 Å². The van der Waals surface area contributed by atoms with Crippen LogP contribution in [0.2, 0.25) is 0 Å². The fourth-order valence-electron chi connectivity index (χ4n) is 2.04. The number of hydrogen-bond acceptors (Lipinski definition) is 4. The summed E-state index contributed by atoms with van der Waals surface area (Å²) in [5, 5.41) is 17.9. The molecule has 5 nitrogen and oxygen atoms in total. The number of rotatable bonds is 8. The van der Waals surface area contributed by atoms with E-state index in [4.69, 9.17) is 10.4 Å². The minimum absolute atomic E-state index is 0.00162. The van der Waals surface area contributed by atoms with E-state index in [0.29, 0.717) is 6.42 Å². The zero-order chi connectivity index (χ0) is 15.0. The molecule has 0 saturated heterocycles. The van der Waals surface area contributed by atoms with Crippen molar-refractivity contribution in [3.63, 3.8) is 0 Å². The Labute approximate surface area is 120 Å². The molecule has 0 bridgehead atoms. The van der Waals surface area contributed by atoms with Crippen molar-refractivity contribution in [3.8, 4) is 6.07 Å². The van der Waals surface area contributed by atoms with Crippen molar-refractivity contribution in [2.75, 3.05) is 13.2 Å². The normalized spacial score (nSPS) is 12.8. The van der Waals surface area contributed by atoms with Crippen LogP contribution in [0.5, 0.6) is 0 Å². The van der Waals surface area contributed by atoms with Gasteiger partial charge in [0.1, 0.15) is 6.07 Å². The Kier molecular flexibility index (Phi) is 6.65. The van der Waals surface area contributed by atoms with Gasteiger partial charge in [-0.2, -0.15) is 5.26 Å². The first kappa shape index (κ1) is 16.6. The number of nitrogens with one attached hydrogen (secondary N) is 1. The van der Waals surface area contributed by atoms with E-state index in [0.717, 1.165) is 12.8 Å². The highest BCUT2D eigenvalue weighted by atomic mass is 32.2. The van der Waals surface area contributed by atoms with E-state index in [2.05, 4.69) is 4.72 Å². The molecule has 1 aromatic carbocycles. The van der Waals surface area contributed by atoms with Crippen LogP contribution in [0.3, 0.4) is 0 Å². The summed E-state index contributed by atoms with van der Waals surface area (Å²) in [6.07, 6.45) is 2.35. The lowest BCUT2D eigenvalue weighted by Crippen LogP contribution is -2.30. The Morgan fingerprint density at radius 1 is 1.35 bits per heavy atom. The van der Waals surface area contributed by atoms with Crippen molar-refractivity contribution < 1.29 is 13.5 Å². The Hall–Kier alpha value is -1.42. The average molecular weight is 296 g/mol. The third-order valence-electron chi connectivity index (χ3n) is 3.09. The molecule has 0 aliphatic carbocycles. The van der Waals surface area contributed by atoms with Crippen molar-refractivity contribution >= 4 is 10.0 Å². The van der Waals surface area contributed by atoms with E-state index in [1.165, 1.54) is 12.1 Å². The van der Waals surface area contributed by atoms with Gasteiger partial charge >= 0.3 is 0 Å². The predicted molar refractivity (Wildman–Crippen MR) is 76.4 cm³/mol. The molecule has 2 N–H and O–H groups in total. The van der Waals surface area contributed by atoms with Crippen LogP contribution in [0.1, 0.15) is 31.7 Å². The van der Waals surface area contributed by atoms with Crippen LogP contribution in [-0.2, 0) is 10.0 Å². The molecule has 110 valence electrons. The summed E-state index contributed by atoms with van der Waals surface area (Å²) >= 11 is 0. The lowest BCUT2D eigenvalue weighted by molar-refractivity contribution is 0.251. The first-order valence-electron chi connectivity index (χ1n) is 6.64. The van der Waals surface area contributed by atoms with Gasteiger partial charge in [-0.15, -0.1) is 0 Å².